The molecule has 1 aromatic carbocycles. The standard InChI is InChI=1S/C15H20ClFN4/c1-4-21-14(15(16)10(3)20-21)8-13(19-18)12-6-5-11(17)7-9(12)2/h5-7,13,19H,4,8,18H2,1-3H3. The van der Waals surface area contributed by atoms with Gasteiger partial charge in [0, 0.05) is 13.0 Å². The summed E-state index contributed by atoms with van der Waals surface area (Å²) in [5.41, 5.74) is 6.34. The van der Waals surface area contributed by atoms with Crippen LogP contribution in [0.2, 0.25) is 5.02 Å². The number of hydrogen-bond donors (Lipinski definition) is 2. The Bertz CT molecular complexity index is 639. The van der Waals surface area contributed by atoms with Crippen molar-refractivity contribution >= 4 is 11.6 Å². The molecule has 0 saturated carbocycles. The molecule has 2 rings (SSSR count). The molecule has 0 aliphatic rings. The van der Waals surface area contributed by atoms with E-state index in [1.165, 1.54) is 12.1 Å². The molecule has 0 spiro atoms. The van der Waals surface area contributed by atoms with Crippen molar-refractivity contribution in [2.45, 2.75) is 39.8 Å². The van der Waals surface area contributed by atoms with Crippen molar-refractivity contribution in [2.75, 3.05) is 0 Å². The van der Waals surface area contributed by atoms with E-state index < -0.39 is 0 Å². The molecule has 3 N–H and O–H groups in total. The van der Waals surface area contributed by atoms with Crippen LogP contribution in [-0.2, 0) is 13.0 Å². The number of nitrogens with one attached hydrogen (secondary N) is 1. The number of benzene rings is 1. The Hall–Kier alpha value is -1.43. The average molecular weight is 311 g/mol. The first-order valence-electron chi connectivity index (χ1n) is 6.91. The minimum atomic E-state index is -0.250. The summed E-state index contributed by atoms with van der Waals surface area (Å²) in [7, 11) is 0. The molecule has 1 heterocycles. The predicted octanol–water partition coefficient (Wildman–Crippen LogP) is 3.06. The third-order valence-corrected chi connectivity index (χ3v) is 4.15. The number of rotatable bonds is 5. The van der Waals surface area contributed by atoms with Crippen molar-refractivity contribution in [1.82, 2.24) is 15.2 Å². The highest BCUT2D eigenvalue weighted by atomic mass is 35.5. The van der Waals surface area contributed by atoms with E-state index in [9.17, 15) is 4.39 Å². The van der Waals surface area contributed by atoms with Gasteiger partial charge in [-0.1, -0.05) is 17.7 Å². The van der Waals surface area contributed by atoms with Crippen molar-refractivity contribution < 1.29 is 4.39 Å². The van der Waals surface area contributed by atoms with Gasteiger partial charge in [0.05, 0.1) is 22.5 Å². The van der Waals surface area contributed by atoms with Crippen LogP contribution in [-0.4, -0.2) is 9.78 Å². The second-order valence-corrected chi connectivity index (χ2v) is 5.46. The van der Waals surface area contributed by atoms with Crippen molar-refractivity contribution in [1.29, 1.82) is 0 Å². The fourth-order valence-electron chi connectivity index (χ4n) is 2.55. The van der Waals surface area contributed by atoms with Crippen LogP contribution < -0.4 is 11.3 Å². The predicted molar refractivity (Wildman–Crippen MR) is 82.6 cm³/mol. The van der Waals surface area contributed by atoms with Crippen LogP contribution in [0.4, 0.5) is 4.39 Å². The van der Waals surface area contributed by atoms with Crippen LogP contribution in [0, 0.1) is 19.7 Å². The molecule has 0 aliphatic heterocycles. The molecule has 4 nitrogen and oxygen atoms in total. The van der Waals surface area contributed by atoms with E-state index in [4.69, 9.17) is 17.4 Å². The Morgan fingerprint density at radius 2 is 2.14 bits per heavy atom. The van der Waals surface area contributed by atoms with Gasteiger partial charge in [-0.25, -0.2) is 4.39 Å². The number of nitrogens with zero attached hydrogens (tertiary/aromatic N) is 2. The Balaban J connectivity index is 2.35. The van der Waals surface area contributed by atoms with Crippen molar-refractivity contribution in [3.63, 3.8) is 0 Å². The Morgan fingerprint density at radius 3 is 2.71 bits per heavy atom. The number of halogens is 2. The Morgan fingerprint density at radius 1 is 1.43 bits per heavy atom. The van der Waals surface area contributed by atoms with Crippen molar-refractivity contribution in [2.24, 2.45) is 5.84 Å². The summed E-state index contributed by atoms with van der Waals surface area (Å²) in [4.78, 5) is 0. The van der Waals surface area contributed by atoms with Crippen molar-refractivity contribution in [3.05, 3.63) is 51.6 Å². The van der Waals surface area contributed by atoms with Crippen LogP contribution in [0.1, 0.15) is 35.5 Å². The van der Waals surface area contributed by atoms with Gasteiger partial charge in [-0.15, -0.1) is 0 Å². The van der Waals surface area contributed by atoms with Gasteiger partial charge in [-0.2, -0.15) is 5.10 Å². The molecule has 0 saturated heterocycles. The number of aromatic nitrogens is 2. The molecule has 0 aliphatic carbocycles. The molecule has 114 valence electrons. The largest absolute Gasteiger partial charge is 0.271 e. The fourth-order valence-corrected chi connectivity index (χ4v) is 2.76. The molecule has 6 heteroatoms. The van der Waals surface area contributed by atoms with Crippen LogP contribution in [0.5, 0.6) is 0 Å². The molecule has 21 heavy (non-hydrogen) atoms. The SMILES string of the molecule is CCn1nc(C)c(Cl)c1CC(NN)c1ccc(F)cc1C. The summed E-state index contributed by atoms with van der Waals surface area (Å²) in [5.74, 6) is 5.44. The first kappa shape index (κ1) is 15.9. The second kappa shape index (κ2) is 6.56. The van der Waals surface area contributed by atoms with Gasteiger partial charge in [-0.3, -0.25) is 16.0 Å². The van der Waals surface area contributed by atoms with Gasteiger partial charge in [0.15, 0.2) is 0 Å². The topological polar surface area (TPSA) is 55.9 Å². The maximum absolute atomic E-state index is 13.2. The van der Waals surface area contributed by atoms with E-state index >= 15 is 0 Å². The summed E-state index contributed by atoms with van der Waals surface area (Å²) in [6.07, 6.45) is 0.594. The summed E-state index contributed by atoms with van der Waals surface area (Å²) in [5, 5.41) is 5.07. The van der Waals surface area contributed by atoms with Gasteiger partial charge in [0.1, 0.15) is 5.82 Å². The van der Waals surface area contributed by atoms with Gasteiger partial charge in [0.2, 0.25) is 0 Å². The number of nitrogens with two attached hydrogens (primary N) is 1. The summed E-state index contributed by atoms with van der Waals surface area (Å²) in [6, 6.07) is 4.55. The molecular formula is C15H20ClFN4. The van der Waals surface area contributed by atoms with Crippen molar-refractivity contribution in [3.8, 4) is 0 Å². The lowest BCUT2D eigenvalue weighted by molar-refractivity contribution is 0.514. The fraction of sp³-hybridized carbons (Fsp3) is 0.400. The third kappa shape index (κ3) is 3.26. The quantitative estimate of drug-likeness (QED) is 0.659. The van der Waals surface area contributed by atoms with E-state index in [1.807, 2.05) is 25.5 Å². The highest BCUT2D eigenvalue weighted by molar-refractivity contribution is 6.31. The maximum atomic E-state index is 13.2. The molecule has 0 bridgehead atoms. The van der Waals surface area contributed by atoms with Gasteiger partial charge < -0.3 is 0 Å². The lowest BCUT2D eigenvalue weighted by atomic mass is 9.97. The van der Waals surface area contributed by atoms with Crippen LogP contribution in [0.25, 0.3) is 0 Å². The van der Waals surface area contributed by atoms with E-state index in [2.05, 4.69) is 10.5 Å². The molecule has 1 aromatic heterocycles. The zero-order valence-corrected chi connectivity index (χ0v) is 13.2. The first-order chi connectivity index (χ1) is 9.97. The van der Waals surface area contributed by atoms with E-state index in [1.54, 1.807) is 6.07 Å². The lowest BCUT2D eigenvalue weighted by Crippen LogP contribution is -2.31. The monoisotopic (exact) mass is 310 g/mol. The highest BCUT2D eigenvalue weighted by Crippen LogP contribution is 2.27. The minimum absolute atomic E-state index is 0.149. The highest BCUT2D eigenvalue weighted by Gasteiger charge is 2.19. The summed E-state index contributed by atoms with van der Waals surface area (Å²) >= 11 is 6.33. The van der Waals surface area contributed by atoms with E-state index in [-0.39, 0.29) is 11.9 Å². The molecule has 1 unspecified atom stereocenters. The molecule has 2 aromatic rings. The van der Waals surface area contributed by atoms with Gasteiger partial charge >= 0.3 is 0 Å². The van der Waals surface area contributed by atoms with E-state index in [0.29, 0.717) is 11.4 Å². The average Bonchev–Trinajstić information content (AvgIpc) is 2.72. The minimum Gasteiger partial charge on any atom is -0.271 e. The Kier molecular flexibility index (Phi) is 4.98. The molecular weight excluding hydrogens is 291 g/mol. The zero-order chi connectivity index (χ0) is 15.6. The first-order valence-corrected chi connectivity index (χ1v) is 7.29. The Labute approximate surface area is 129 Å². The summed E-state index contributed by atoms with van der Waals surface area (Å²) < 4.78 is 15.1. The number of aryl methyl sites for hydroxylation is 3. The zero-order valence-electron chi connectivity index (χ0n) is 12.5. The van der Waals surface area contributed by atoms with Crippen LogP contribution in [0.3, 0.4) is 0 Å². The second-order valence-electron chi connectivity index (χ2n) is 5.09. The van der Waals surface area contributed by atoms with E-state index in [0.717, 1.165) is 29.1 Å². The molecule has 0 radical (unpaired) electrons. The molecule has 0 fully saturated rings. The normalized spacial score (nSPS) is 12.7. The van der Waals surface area contributed by atoms with Gasteiger partial charge in [-0.05, 0) is 44.0 Å². The third-order valence-electron chi connectivity index (χ3n) is 3.66. The van der Waals surface area contributed by atoms with Crippen LogP contribution >= 0.6 is 11.6 Å². The molecule has 0 amide bonds. The van der Waals surface area contributed by atoms with Crippen LogP contribution in [0.15, 0.2) is 18.2 Å². The lowest BCUT2D eigenvalue weighted by Gasteiger charge is -2.19. The molecule has 1 atom stereocenters. The van der Waals surface area contributed by atoms with Gasteiger partial charge in [0.25, 0.3) is 0 Å². The maximum Gasteiger partial charge on any atom is 0.123 e. The smallest absolute Gasteiger partial charge is 0.123 e. The number of hydrazine groups is 1. The summed E-state index contributed by atoms with van der Waals surface area (Å²) in [6.45, 7) is 6.50. The number of hydrogen-bond acceptors (Lipinski definition) is 3.